The fraction of sp³-hybridized carbons (Fsp3) is 0.842. The molecule has 2 aliphatic heterocycles. The second-order valence-corrected chi connectivity index (χ2v) is 7.45. The van der Waals surface area contributed by atoms with E-state index in [1.54, 1.807) is 0 Å². The molecular weight excluding hydrogens is 332 g/mol. The minimum atomic E-state index is -0.0461. The fourth-order valence-electron chi connectivity index (χ4n) is 3.65. The van der Waals surface area contributed by atoms with Crippen molar-refractivity contribution in [2.45, 2.75) is 64.3 Å². The molecule has 2 atom stereocenters. The van der Waals surface area contributed by atoms with Gasteiger partial charge in [0.15, 0.2) is 0 Å². The van der Waals surface area contributed by atoms with Crippen molar-refractivity contribution in [2.75, 3.05) is 32.7 Å². The molecule has 7 nitrogen and oxygen atoms in total. The van der Waals surface area contributed by atoms with E-state index in [9.17, 15) is 14.4 Å². The largest absolute Gasteiger partial charge is 0.356 e. The monoisotopic (exact) mass is 366 g/mol. The van der Waals surface area contributed by atoms with Crippen molar-refractivity contribution in [1.29, 1.82) is 0 Å². The average Bonchev–Trinajstić information content (AvgIpc) is 3.19. The number of rotatable bonds is 9. The van der Waals surface area contributed by atoms with E-state index in [0.717, 1.165) is 45.2 Å². The third-order valence-corrected chi connectivity index (χ3v) is 5.18. The molecule has 0 spiro atoms. The smallest absolute Gasteiger partial charge is 0.237 e. The van der Waals surface area contributed by atoms with Crippen LogP contribution in [0.3, 0.4) is 0 Å². The third-order valence-electron chi connectivity index (χ3n) is 5.18. The number of amides is 3. The first-order valence-corrected chi connectivity index (χ1v) is 10.2. The number of carbonyl (C=O) groups is 3. The molecule has 2 aliphatic rings. The van der Waals surface area contributed by atoms with Crippen LogP contribution >= 0.6 is 0 Å². The number of likely N-dealkylation sites (tertiary alicyclic amines) is 1. The summed E-state index contributed by atoms with van der Waals surface area (Å²) in [6, 6.07) is -0.0461. The van der Waals surface area contributed by atoms with Crippen LogP contribution in [0.4, 0.5) is 0 Å². The Morgan fingerprint density at radius 3 is 2.69 bits per heavy atom. The van der Waals surface area contributed by atoms with Crippen molar-refractivity contribution in [1.82, 2.24) is 20.9 Å². The second kappa shape index (κ2) is 11.2. The number of nitrogens with one attached hydrogen (secondary N) is 3. The van der Waals surface area contributed by atoms with E-state index in [1.165, 1.54) is 0 Å². The molecule has 2 heterocycles. The molecule has 26 heavy (non-hydrogen) atoms. The maximum absolute atomic E-state index is 12.4. The Kier molecular flexibility index (Phi) is 8.88. The standard InChI is InChI=1S/C19H34N4O3/c1-2-10-21-17(24)8-3-9-18(25)23-12-5-6-15(14-23)13-22-19(26)16-7-4-11-20-16/h15-16,20H,2-14H2,1H3,(H,21,24)(H,22,26). The lowest BCUT2D eigenvalue weighted by Gasteiger charge is -2.33. The number of carbonyl (C=O) groups excluding carboxylic acids is 3. The average molecular weight is 367 g/mol. The Hall–Kier alpha value is -1.63. The molecule has 0 aromatic heterocycles. The molecule has 0 aromatic carbocycles. The van der Waals surface area contributed by atoms with Gasteiger partial charge < -0.3 is 20.9 Å². The van der Waals surface area contributed by atoms with E-state index in [1.807, 2.05) is 11.8 Å². The molecule has 0 bridgehead atoms. The van der Waals surface area contributed by atoms with Gasteiger partial charge >= 0.3 is 0 Å². The Balaban J connectivity index is 1.64. The van der Waals surface area contributed by atoms with E-state index in [2.05, 4.69) is 16.0 Å². The molecule has 3 amide bonds. The zero-order chi connectivity index (χ0) is 18.8. The van der Waals surface area contributed by atoms with Gasteiger partial charge in [0.1, 0.15) is 0 Å². The van der Waals surface area contributed by atoms with Gasteiger partial charge in [0.05, 0.1) is 6.04 Å². The zero-order valence-corrected chi connectivity index (χ0v) is 16.0. The van der Waals surface area contributed by atoms with Crippen molar-refractivity contribution in [2.24, 2.45) is 5.92 Å². The molecule has 0 radical (unpaired) electrons. The van der Waals surface area contributed by atoms with Crippen LogP contribution in [0.15, 0.2) is 0 Å². The third kappa shape index (κ3) is 6.94. The summed E-state index contributed by atoms with van der Waals surface area (Å²) in [6.07, 6.45) is 6.34. The summed E-state index contributed by atoms with van der Waals surface area (Å²) in [4.78, 5) is 38.0. The Bertz CT molecular complexity index is 477. The van der Waals surface area contributed by atoms with Gasteiger partial charge in [-0.15, -0.1) is 0 Å². The van der Waals surface area contributed by atoms with Crippen molar-refractivity contribution in [3.05, 3.63) is 0 Å². The van der Waals surface area contributed by atoms with Crippen molar-refractivity contribution < 1.29 is 14.4 Å². The highest BCUT2D eigenvalue weighted by Crippen LogP contribution is 2.17. The van der Waals surface area contributed by atoms with Gasteiger partial charge in [-0.25, -0.2) is 0 Å². The molecule has 0 saturated carbocycles. The second-order valence-electron chi connectivity index (χ2n) is 7.45. The van der Waals surface area contributed by atoms with Gasteiger partial charge in [-0.3, -0.25) is 14.4 Å². The van der Waals surface area contributed by atoms with Gasteiger partial charge in [-0.05, 0) is 51.0 Å². The number of piperidine rings is 1. The Morgan fingerprint density at radius 2 is 1.96 bits per heavy atom. The van der Waals surface area contributed by atoms with Crippen LogP contribution in [0, 0.1) is 5.92 Å². The van der Waals surface area contributed by atoms with Crippen LogP contribution in [-0.2, 0) is 14.4 Å². The number of hydrogen-bond acceptors (Lipinski definition) is 4. The van der Waals surface area contributed by atoms with Crippen LogP contribution in [0.5, 0.6) is 0 Å². The lowest BCUT2D eigenvalue weighted by atomic mass is 9.97. The summed E-state index contributed by atoms with van der Waals surface area (Å²) < 4.78 is 0. The quantitative estimate of drug-likeness (QED) is 0.563. The molecule has 2 fully saturated rings. The van der Waals surface area contributed by atoms with Crippen LogP contribution < -0.4 is 16.0 Å². The predicted octanol–water partition coefficient (Wildman–Crippen LogP) is 0.790. The van der Waals surface area contributed by atoms with Crippen LogP contribution in [-0.4, -0.2) is 61.4 Å². The van der Waals surface area contributed by atoms with Gasteiger partial charge in [-0.2, -0.15) is 0 Å². The summed E-state index contributed by atoms with van der Waals surface area (Å²) in [5.74, 6) is 0.566. The van der Waals surface area contributed by atoms with Crippen LogP contribution in [0.25, 0.3) is 0 Å². The number of hydrogen-bond donors (Lipinski definition) is 3. The molecular formula is C19H34N4O3. The normalized spacial score (nSPS) is 22.9. The van der Waals surface area contributed by atoms with E-state index in [0.29, 0.717) is 44.8 Å². The maximum Gasteiger partial charge on any atom is 0.237 e. The minimum absolute atomic E-state index is 0.0272. The molecule has 2 rings (SSSR count). The summed E-state index contributed by atoms with van der Waals surface area (Å²) in [6.45, 7) is 5.77. The molecule has 0 aliphatic carbocycles. The van der Waals surface area contributed by atoms with Crippen LogP contribution in [0.1, 0.15) is 58.3 Å². The molecule has 0 aromatic rings. The highest BCUT2D eigenvalue weighted by atomic mass is 16.2. The first kappa shape index (κ1) is 20.7. The van der Waals surface area contributed by atoms with Gasteiger partial charge in [0.25, 0.3) is 0 Å². The lowest BCUT2D eigenvalue weighted by molar-refractivity contribution is -0.133. The van der Waals surface area contributed by atoms with Crippen molar-refractivity contribution in [3.63, 3.8) is 0 Å². The van der Waals surface area contributed by atoms with Gasteiger partial charge in [0.2, 0.25) is 17.7 Å². The first-order chi connectivity index (χ1) is 12.6. The fourth-order valence-corrected chi connectivity index (χ4v) is 3.65. The van der Waals surface area contributed by atoms with Crippen molar-refractivity contribution >= 4 is 17.7 Å². The van der Waals surface area contributed by atoms with E-state index < -0.39 is 0 Å². The van der Waals surface area contributed by atoms with Crippen molar-refractivity contribution in [3.8, 4) is 0 Å². The van der Waals surface area contributed by atoms with E-state index in [4.69, 9.17) is 0 Å². The highest BCUT2D eigenvalue weighted by molar-refractivity contribution is 5.82. The zero-order valence-electron chi connectivity index (χ0n) is 16.0. The Morgan fingerprint density at radius 1 is 1.12 bits per heavy atom. The molecule has 7 heteroatoms. The summed E-state index contributed by atoms with van der Waals surface area (Å²) >= 11 is 0. The SMILES string of the molecule is CCCNC(=O)CCCC(=O)N1CCCC(CNC(=O)C2CCCN2)C1. The number of nitrogens with zero attached hydrogens (tertiary/aromatic N) is 1. The molecule has 148 valence electrons. The molecule has 2 unspecified atom stereocenters. The van der Waals surface area contributed by atoms with Gasteiger partial charge in [0, 0.05) is 39.0 Å². The maximum atomic E-state index is 12.4. The summed E-state index contributed by atoms with van der Waals surface area (Å²) in [5, 5.41) is 9.08. The van der Waals surface area contributed by atoms with Gasteiger partial charge in [-0.1, -0.05) is 6.92 Å². The topological polar surface area (TPSA) is 90.5 Å². The van der Waals surface area contributed by atoms with E-state index >= 15 is 0 Å². The van der Waals surface area contributed by atoms with E-state index in [-0.39, 0.29) is 23.8 Å². The van der Waals surface area contributed by atoms with Crippen LogP contribution in [0.2, 0.25) is 0 Å². The Labute approximate surface area is 156 Å². The highest BCUT2D eigenvalue weighted by Gasteiger charge is 2.26. The molecule has 3 N–H and O–H groups in total. The lowest BCUT2D eigenvalue weighted by Crippen LogP contribution is -2.46. The summed E-state index contributed by atoms with van der Waals surface area (Å²) in [5.41, 5.74) is 0. The first-order valence-electron chi connectivity index (χ1n) is 10.2. The molecule has 2 saturated heterocycles. The minimum Gasteiger partial charge on any atom is -0.356 e. The summed E-state index contributed by atoms with van der Waals surface area (Å²) in [7, 11) is 0. The predicted molar refractivity (Wildman–Crippen MR) is 100 cm³/mol.